The van der Waals surface area contributed by atoms with E-state index in [1.807, 2.05) is 67.6 Å². The smallest absolute Gasteiger partial charge is 0.123 e. The molecule has 0 atom stereocenters. The molecule has 0 amide bonds. The summed E-state index contributed by atoms with van der Waals surface area (Å²) in [5, 5.41) is 10.1. The molecule has 1 aromatic heterocycles. The Balaban J connectivity index is 1.93. The van der Waals surface area contributed by atoms with Gasteiger partial charge in [-0.2, -0.15) is 0 Å². The van der Waals surface area contributed by atoms with E-state index >= 15 is 0 Å². The molecular formula is C20H17NO. The molecule has 1 N–H and O–H groups in total. The summed E-state index contributed by atoms with van der Waals surface area (Å²) in [7, 11) is 0. The highest BCUT2D eigenvalue weighted by molar-refractivity contribution is 5.76. The Morgan fingerprint density at radius 1 is 0.864 bits per heavy atom. The van der Waals surface area contributed by atoms with E-state index in [2.05, 4.69) is 11.1 Å². The number of rotatable bonds is 3. The van der Waals surface area contributed by atoms with Crippen molar-refractivity contribution in [3.05, 3.63) is 83.7 Å². The second kappa shape index (κ2) is 6.27. The summed E-state index contributed by atoms with van der Waals surface area (Å²) >= 11 is 0. The fourth-order valence-electron chi connectivity index (χ4n) is 2.37. The van der Waals surface area contributed by atoms with Gasteiger partial charge in [0.05, 0.1) is 0 Å². The lowest BCUT2D eigenvalue weighted by Gasteiger charge is -2.06. The van der Waals surface area contributed by atoms with Crippen LogP contribution in [-0.4, -0.2) is 10.1 Å². The van der Waals surface area contributed by atoms with Crippen molar-refractivity contribution >= 4 is 12.2 Å². The zero-order valence-corrected chi connectivity index (χ0v) is 12.4. The van der Waals surface area contributed by atoms with E-state index in [9.17, 15) is 5.11 Å². The highest BCUT2D eigenvalue weighted by Gasteiger charge is 2.04. The SMILES string of the molecule is Cc1cc(/C=C/c2ccc(O)c(-c3ccccc3)c2)ccn1. The zero-order chi connectivity index (χ0) is 15.4. The van der Waals surface area contributed by atoms with Gasteiger partial charge in [-0.3, -0.25) is 4.98 Å². The van der Waals surface area contributed by atoms with Gasteiger partial charge in [0.1, 0.15) is 5.75 Å². The first-order chi connectivity index (χ1) is 10.7. The molecule has 3 aromatic rings. The van der Waals surface area contributed by atoms with E-state index < -0.39 is 0 Å². The Morgan fingerprint density at radius 3 is 2.32 bits per heavy atom. The second-order valence-corrected chi connectivity index (χ2v) is 5.21. The predicted octanol–water partition coefficient (Wildman–Crippen LogP) is 4.93. The summed E-state index contributed by atoms with van der Waals surface area (Å²) < 4.78 is 0. The Bertz CT molecular complexity index is 807. The van der Waals surface area contributed by atoms with E-state index in [1.165, 1.54) is 0 Å². The minimum atomic E-state index is 0.295. The van der Waals surface area contributed by atoms with Gasteiger partial charge in [0.15, 0.2) is 0 Å². The number of phenolic OH excluding ortho intramolecular Hbond substituents is 1. The number of aromatic hydroxyl groups is 1. The molecule has 2 aromatic carbocycles. The van der Waals surface area contributed by atoms with Crippen LogP contribution in [0, 0.1) is 6.92 Å². The standard InChI is InChI=1S/C20H17NO/c1-15-13-17(11-12-21-15)8-7-16-9-10-20(22)19(14-16)18-5-3-2-4-6-18/h2-14,22H,1H3/b8-7+. The molecule has 0 saturated heterocycles. The van der Waals surface area contributed by atoms with Gasteiger partial charge in [0, 0.05) is 17.5 Å². The van der Waals surface area contributed by atoms with Gasteiger partial charge in [-0.05, 0) is 47.9 Å². The van der Waals surface area contributed by atoms with Crippen molar-refractivity contribution < 1.29 is 5.11 Å². The quantitative estimate of drug-likeness (QED) is 0.740. The van der Waals surface area contributed by atoms with Crippen LogP contribution in [0.1, 0.15) is 16.8 Å². The molecular weight excluding hydrogens is 270 g/mol. The lowest BCUT2D eigenvalue weighted by Crippen LogP contribution is -1.82. The normalized spacial score (nSPS) is 11.0. The third kappa shape index (κ3) is 3.23. The summed E-state index contributed by atoms with van der Waals surface area (Å²) in [6.07, 6.45) is 5.90. The van der Waals surface area contributed by atoms with E-state index in [0.29, 0.717) is 5.75 Å². The maximum absolute atomic E-state index is 10.1. The van der Waals surface area contributed by atoms with Gasteiger partial charge >= 0.3 is 0 Å². The summed E-state index contributed by atoms with van der Waals surface area (Å²) in [5.41, 5.74) is 5.01. The number of pyridine rings is 1. The fourth-order valence-corrected chi connectivity index (χ4v) is 2.37. The average molecular weight is 287 g/mol. The number of benzene rings is 2. The first-order valence-corrected chi connectivity index (χ1v) is 7.21. The third-order valence-electron chi connectivity index (χ3n) is 3.49. The highest BCUT2D eigenvalue weighted by Crippen LogP contribution is 2.30. The summed E-state index contributed by atoms with van der Waals surface area (Å²) in [4.78, 5) is 4.19. The topological polar surface area (TPSA) is 33.1 Å². The molecule has 1 heterocycles. The molecule has 0 aliphatic carbocycles. The molecule has 22 heavy (non-hydrogen) atoms. The molecule has 0 radical (unpaired) electrons. The molecule has 0 fully saturated rings. The van der Waals surface area contributed by atoms with Crippen molar-refractivity contribution in [1.82, 2.24) is 4.98 Å². The zero-order valence-electron chi connectivity index (χ0n) is 12.4. The van der Waals surface area contributed by atoms with Gasteiger partial charge in [-0.1, -0.05) is 48.6 Å². The lowest BCUT2D eigenvalue weighted by molar-refractivity contribution is 0.477. The maximum Gasteiger partial charge on any atom is 0.123 e. The highest BCUT2D eigenvalue weighted by atomic mass is 16.3. The number of aromatic nitrogens is 1. The monoisotopic (exact) mass is 287 g/mol. The van der Waals surface area contributed by atoms with Crippen LogP contribution in [0.2, 0.25) is 0 Å². The van der Waals surface area contributed by atoms with Gasteiger partial charge in [-0.15, -0.1) is 0 Å². The van der Waals surface area contributed by atoms with Crippen molar-refractivity contribution in [2.45, 2.75) is 6.92 Å². The van der Waals surface area contributed by atoms with Crippen LogP contribution in [-0.2, 0) is 0 Å². The molecule has 2 heteroatoms. The molecule has 0 aliphatic rings. The molecule has 0 unspecified atom stereocenters. The van der Waals surface area contributed by atoms with Gasteiger partial charge in [-0.25, -0.2) is 0 Å². The van der Waals surface area contributed by atoms with Crippen LogP contribution in [0.25, 0.3) is 23.3 Å². The molecule has 0 saturated carbocycles. The Labute approximate surface area is 130 Å². The van der Waals surface area contributed by atoms with E-state index in [4.69, 9.17) is 0 Å². The summed E-state index contributed by atoms with van der Waals surface area (Å²) in [5.74, 6) is 0.295. The Hall–Kier alpha value is -2.87. The minimum absolute atomic E-state index is 0.295. The second-order valence-electron chi connectivity index (χ2n) is 5.21. The average Bonchev–Trinajstić information content (AvgIpc) is 2.55. The van der Waals surface area contributed by atoms with Crippen LogP contribution in [0.4, 0.5) is 0 Å². The number of aryl methyl sites for hydroxylation is 1. The number of nitrogens with zero attached hydrogens (tertiary/aromatic N) is 1. The number of hydrogen-bond donors (Lipinski definition) is 1. The number of hydrogen-bond acceptors (Lipinski definition) is 2. The van der Waals surface area contributed by atoms with Crippen LogP contribution in [0.3, 0.4) is 0 Å². The molecule has 3 rings (SSSR count). The molecule has 0 aliphatic heterocycles. The summed E-state index contributed by atoms with van der Waals surface area (Å²) in [6, 6.07) is 19.5. The Kier molecular flexibility index (Phi) is 4.01. The van der Waals surface area contributed by atoms with E-state index in [-0.39, 0.29) is 0 Å². The van der Waals surface area contributed by atoms with Crippen molar-refractivity contribution in [3.8, 4) is 16.9 Å². The van der Waals surface area contributed by atoms with Gasteiger partial charge < -0.3 is 5.11 Å². The minimum Gasteiger partial charge on any atom is -0.507 e. The van der Waals surface area contributed by atoms with Crippen molar-refractivity contribution in [1.29, 1.82) is 0 Å². The molecule has 0 spiro atoms. The van der Waals surface area contributed by atoms with Crippen LogP contribution >= 0.6 is 0 Å². The summed E-state index contributed by atoms with van der Waals surface area (Å²) in [6.45, 7) is 1.98. The van der Waals surface area contributed by atoms with Crippen LogP contribution in [0.5, 0.6) is 5.75 Å². The van der Waals surface area contributed by atoms with Crippen molar-refractivity contribution in [2.75, 3.05) is 0 Å². The molecule has 108 valence electrons. The number of phenols is 1. The fraction of sp³-hybridized carbons (Fsp3) is 0.0500. The lowest BCUT2D eigenvalue weighted by atomic mass is 10.0. The van der Waals surface area contributed by atoms with Crippen LogP contribution < -0.4 is 0 Å². The van der Waals surface area contributed by atoms with Crippen molar-refractivity contribution in [2.24, 2.45) is 0 Å². The van der Waals surface area contributed by atoms with E-state index in [0.717, 1.165) is 27.9 Å². The maximum atomic E-state index is 10.1. The molecule has 2 nitrogen and oxygen atoms in total. The van der Waals surface area contributed by atoms with Gasteiger partial charge in [0.2, 0.25) is 0 Å². The van der Waals surface area contributed by atoms with Gasteiger partial charge in [0.25, 0.3) is 0 Å². The first-order valence-electron chi connectivity index (χ1n) is 7.21. The van der Waals surface area contributed by atoms with Crippen LogP contribution in [0.15, 0.2) is 66.9 Å². The predicted molar refractivity (Wildman–Crippen MR) is 91.4 cm³/mol. The largest absolute Gasteiger partial charge is 0.507 e. The Morgan fingerprint density at radius 2 is 1.59 bits per heavy atom. The molecule has 0 bridgehead atoms. The first kappa shape index (κ1) is 14.1. The third-order valence-corrected chi connectivity index (χ3v) is 3.49. The van der Waals surface area contributed by atoms with Crippen molar-refractivity contribution in [3.63, 3.8) is 0 Å². The van der Waals surface area contributed by atoms with E-state index in [1.54, 1.807) is 12.3 Å².